The summed E-state index contributed by atoms with van der Waals surface area (Å²) in [5, 5.41) is 12.6. The van der Waals surface area contributed by atoms with E-state index in [-0.39, 0.29) is 5.75 Å². The van der Waals surface area contributed by atoms with Gasteiger partial charge < -0.3 is 15.3 Å². The fourth-order valence-electron chi connectivity index (χ4n) is 2.90. The molecule has 0 radical (unpaired) electrons. The van der Waals surface area contributed by atoms with Gasteiger partial charge >= 0.3 is 0 Å². The van der Waals surface area contributed by atoms with Crippen LogP contribution in [-0.4, -0.2) is 60.1 Å². The molecule has 24 heavy (non-hydrogen) atoms. The standard InChI is InChI=1S/C18H29FN4O/c1-4-20-18(21-12-15-5-6-17(24)16(19)11-15)23-9-7-22(8-10-23)13-14(2)3/h5-6,11,14,24H,4,7-10,12-13H2,1-3H3,(H,20,21). The van der Waals surface area contributed by atoms with Crippen LogP contribution in [0.5, 0.6) is 5.75 Å². The summed E-state index contributed by atoms with van der Waals surface area (Å²) in [6, 6.07) is 4.41. The van der Waals surface area contributed by atoms with E-state index in [0.717, 1.165) is 50.8 Å². The molecule has 134 valence electrons. The zero-order chi connectivity index (χ0) is 17.5. The average molecular weight is 336 g/mol. The second kappa shape index (κ2) is 8.87. The van der Waals surface area contributed by atoms with Crippen LogP contribution in [0.2, 0.25) is 0 Å². The molecule has 5 nitrogen and oxygen atoms in total. The molecule has 1 fully saturated rings. The fourth-order valence-corrected chi connectivity index (χ4v) is 2.90. The van der Waals surface area contributed by atoms with E-state index >= 15 is 0 Å². The van der Waals surface area contributed by atoms with Crippen LogP contribution in [0.25, 0.3) is 0 Å². The Morgan fingerprint density at radius 1 is 1.29 bits per heavy atom. The van der Waals surface area contributed by atoms with Crippen molar-refractivity contribution >= 4 is 5.96 Å². The lowest BCUT2D eigenvalue weighted by atomic mass is 10.2. The summed E-state index contributed by atoms with van der Waals surface area (Å²) in [5.41, 5.74) is 0.749. The first-order valence-corrected chi connectivity index (χ1v) is 8.72. The first-order chi connectivity index (χ1) is 11.5. The van der Waals surface area contributed by atoms with Gasteiger partial charge in [0.15, 0.2) is 17.5 Å². The Labute approximate surface area is 144 Å². The van der Waals surface area contributed by atoms with Crippen molar-refractivity contribution in [1.82, 2.24) is 15.1 Å². The Morgan fingerprint density at radius 2 is 2.00 bits per heavy atom. The van der Waals surface area contributed by atoms with Crippen molar-refractivity contribution in [1.29, 1.82) is 0 Å². The number of rotatable bonds is 5. The Morgan fingerprint density at radius 3 is 2.58 bits per heavy atom. The number of hydrogen-bond acceptors (Lipinski definition) is 3. The van der Waals surface area contributed by atoms with Gasteiger partial charge in [-0.25, -0.2) is 9.38 Å². The number of aromatic hydroxyl groups is 1. The smallest absolute Gasteiger partial charge is 0.194 e. The molecule has 1 aromatic rings. The SMILES string of the molecule is CCNC(=NCc1ccc(O)c(F)c1)N1CCN(CC(C)C)CC1. The number of halogens is 1. The normalized spacial score (nSPS) is 16.7. The van der Waals surface area contributed by atoms with Crippen molar-refractivity contribution < 1.29 is 9.50 Å². The first-order valence-electron chi connectivity index (χ1n) is 8.72. The van der Waals surface area contributed by atoms with E-state index in [1.165, 1.54) is 12.1 Å². The maximum atomic E-state index is 13.4. The molecule has 1 aromatic carbocycles. The highest BCUT2D eigenvalue weighted by Crippen LogP contribution is 2.16. The van der Waals surface area contributed by atoms with Crippen LogP contribution in [0, 0.1) is 11.7 Å². The maximum Gasteiger partial charge on any atom is 0.194 e. The van der Waals surface area contributed by atoms with Crippen LogP contribution in [-0.2, 0) is 6.54 Å². The second-order valence-electron chi connectivity index (χ2n) is 6.64. The van der Waals surface area contributed by atoms with Crippen LogP contribution in [0.3, 0.4) is 0 Å². The number of benzene rings is 1. The highest BCUT2D eigenvalue weighted by molar-refractivity contribution is 5.80. The molecule has 0 bridgehead atoms. The number of phenols is 1. The molecular weight excluding hydrogens is 307 g/mol. The molecule has 1 saturated heterocycles. The third kappa shape index (κ3) is 5.37. The van der Waals surface area contributed by atoms with Crippen molar-refractivity contribution in [3.05, 3.63) is 29.6 Å². The van der Waals surface area contributed by atoms with Crippen molar-refractivity contribution in [2.24, 2.45) is 10.9 Å². The quantitative estimate of drug-likeness (QED) is 0.640. The third-order valence-corrected chi connectivity index (χ3v) is 4.05. The lowest BCUT2D eigenvalue weighted by Crippen LogP contribution is -2.53. The number of phenolic OH excluding ortho intramolecular Hbond substituents is 1. The highest BCUT2D eigenvalue weighted by Gasteiger charge is 2.19. The lowest BCUT2D eigenvalue weighted by molar-refractivity contribution is 0.164. The van der Waals surface area contributed by atoms with Gasteiger partial charge in [-0.3, -0.25) is 4.90 Å². The molecule has 0 unspecified atom stereocenters. The van der Waals surface area contributed by atoms with Gasteiger partial charge in [0.2, 0.25) is 0 Å². The van der Waals surface area contributed by atoms with Gasteiger partial charge in [0.1, 0.15) is 0 Å². The molecule has 0 saturated carbocycles. The van der Waals surface area contributed by atoms with Crippen LogP contribution in [0.4, 0.5) is 4.39 Å². The van der Waals surface area contributed by atoms with Gasteiger partial charge in [0.05, 0.1) is 6.54 Å². The number of hydrogen-bond donors (Lipinski definition) is 2. The molecule has 2 N–H and O–H groups in total. The highest BCUT2D eigenvalue weighted by atomic mass is 19.1. The predicted molar refractivity (Wildman–Crippen MR) is 95.7 cm³/mol. The number of nitrogens with zero attached hydrogens (tertiary/aromatic N) is 3. The molecule has 1 aliphatic rings. The number of piperazine rings is 1. The maximum absolute atomic E-state index is 13.4. The monoisotopic (exact) mass is 336 g/mol. The Hall–Kier alpha value is -1.82. The van der Waals surface area contributed by atoms with E-state index < -0.39 is 5.82 Å². The van der Waals surface area contributed by atoms with Crippen LogP contribution in [0.15, 0.2) is 23.2 Å². The van der Waals surface area contributed by atoms with Gasteiger partial charge in [-0.1, -0.05) is 19.9 Å². The Kier molecular flexibility index (Phi) is 6.85. The molecule has 1 heterocycles. The van der Waals surface area contributed by atoms with Crippen LogP contribution in [0.1, 0.15) is 26.3 Å². The molecule has 2 rings (SSSR count). The molecule has 0 spiro atoms. The number of guanidine groups is 1. The minimum atomic E-state index is -0.602. The zero-order valence-electron chi connectivity index (χ0n) is 14.9. The summed E-state index contributed by atoms with van der Waals surface area (Å²) >= 11 is 0. The lowest BCUT2D eigenvalue weighted by Gasteiger charge is -2.37. The molecular formula is C18H29FN4O. The summed E-state index contributed by atoms with van der Waals surface area (Å²) in [5.74, 6) is 0.629. The Balaban J connectivity index is 1.97. The summed E-state index contributed by atoms with van der Waals surface area (Å²) < 4.78 is 13.4. The third-order valence-electron chi connectivity index (χ3n) is 4.05. The van der Waals surface area contributed by atoms with Gasteiger partial charge in [0.25, 0.3) is 0 Å². The summed E-state index contributed by atoms with van der Waals surface area (Å²) in [7, 11) is 0. The van der Waals surface area contributed by atoms with Crippen LogP contribution >= 0.6 is 0 Å². The molecule has 0 amide bonds. The fraction of sp³-hybridized carbons (Fsp3) is 0.611. The Bertz CT molecular complexity index is 554. The van der Waals surface area contributed by atoms with E-state index in [1.54, 1.807) is 6.07 Å². The van der Waals surface area contributed by atoms with Crippen molar-refractivity contribution in [3.63, 3.8) is 0 Å². The predicted octanol–water partition coefficient (Wildman–Crippen LogP) is 2.27. The summed E-state index contributed by atoms with van der Waals surface area (Å²) in [4.78, 5) is 9.38. The van der Waals surface area contributed by atoms with E-state index in [1.807, 2.05) is 6.92 Å². The summed E-state index contributed by atoms with van der Waals surface area (Å²) in [6.07, 6.45) is 0. The number of nitrogens with one attached hydrogen (secondary N) is 1. The van der Waals surface area contributed by atoms with Gasteiger partial charge in [0, 0.05) is 39.3 Å². The van der Waals surface area contributed by atoms with E-state index in [0.29, 0.717) is 12.5 Å². The zero-order valence-corrected chi connectivity index (χ0v) is 14.9. The van der Waals surface area contributed by atoms with Crippen molar-refractivity contribution in [2.45, 2.75) is 27.3 Å². The van der Waals surface area contributed by atoms with Crippen molar-refractivity contribution in [2.75, 3.05) is 39.3 Å². The molecule has 1 aliphatic heterocycles. The summed E-state index contributed by atoms with van der Waals surface area (Å²) in [6.45, 7) is 12.8. The largest absolute Gasteiger partial charge is 0.505 e. The molecule has 0 atom stereocenters. The first kappa shape index (κ1) is 18.5. The van der Waals surface area contributed by atoms with Gasteiger partial charge in [-0.15, -0.1) is 0 Å². The van der Waals surface area contributed by atoms with Crippen molar-refractivity contribution in [3.8, 4) is 5.75 Å². The van der Waals surface area contributed by atoms with E-state index in [4.69, 9.17) is 0 Å². The molecule has 0 aromatic heterocycles. The van der Waals surface area contributed by atoms with Gasteiger partial charge in [-0.05, 0) is 30.5 Å². The van der Waals surface area contributed by atoms with E-state index in [2.05, 4.69) is 34.0 Å². The van der Waals surface area contributed by atoms with Gasteiger partial charge in [-0.2, -0.15) is 0 Å². The topological polar surface area (TPSA) is 51.1 Å². The minimum Gasteiger partial charge on any atom is -0.505 e. The second-order valence-corrected chi connectivity index (χ2v) is 6.64. The minimum absolute atomic E-state index is 0.323. The van der Waals surface area contributed by atoms with E-state index in [9.17, 15) is 9.50 Å². The van der Waals surface area contributed by atoms with Crippen LogP contribution < -0.4 is 5.32 Å². The number of aliphatic imine (C=N–C) groups is 1. The molecule has 6 heteroatoms. The molecule has 0 aliphatic carbocycles. The average Bonchev–Trinajstić information content (AvgIpc) is 2.55.